The number of piperidine rings is 1. The number of hydrogen-bond donors (Lipinski definition) is 0. The monoisotopic (exact) mass is 179 g/mol. The maximum absolute atomic E-state index is 11.0. The van der Waals surface area contributed by atoms with Gasteiger partial charge in [0.2, 0.25) is 0 Å². The third-order valence-electron chi connectivity index (χ3n) is 3.12. The molecule has 13 heavy (non-hydrogen) atoms. The van der Waals surface area contributed by atoms with E-state index in [-0.39, 0.29) is 5.78 Å². The van der Waals surface area contributed by atoms with Crippen LogP contribution in [-0.2, 0) is 4.79 Å². The van der Waals surface area contributed by atoms with Crippen molar-refractivity contribution in [3.05, 3.63) is 11.6 Å². The molecule has 2 aliphatic heterocycles. The van der Waals surface area contributed by atoms with Crippen molar-refractivity contribution in [2.24, 2.45) is 0 Å². The van der Waals surface area contributed by atoms with E-state index in [1.165, 1.54) is 37.9 Å². The SMILES string of the molecule is CC(=O)/C=C1/CCN2CCCCC12. The zero-order chi connectivity index (χ0) is 9.26. The number of carbonyl (C=O) groups is 1. The van der Waals surface area contributed by atoms with Crippen molar-refractivity contribution in [3.8, 4) is 0 Å². The van der Waals surface area contributed by atoms with Crippen molar-refractivity contribution in [1.82, 2.24) is 4.90 Å². The van der Waals surface area contributed by atoms with Crippen LogP contribution in [0.1, 0.15) is 32.6 Å². The molecule has 0 aromatic rings. The Bertz CT molecular complexity index is 244. The number of hydrogen-bond acceptors (Lipinski definition) is 2. The maximum Gasteiger partial charge on any atom is 0.152 e. The number of fused-ring (bicyclic) bond motifs is 1. The highest BCUT2D eigenvalue weighted by atomic mass is 16.1. The third-order valence-corrected chi connectivity index (χ3v) is 3.12. The highest BCUT2D eigenvalue weighted by Crippen LogP contribution is 2.30. The lowest BCUT2D eigenvalue weighted by atomic mass is 9.98. The Balaban J connectivity index is 2.11. The lowest BCUT2D eigenvalue weighted by Crippen LogP contribution is -2.34. The molecule has 1 unspecified atom stereocenters. The molecule has 2 rings (SSSR count). The largest absolute Gasteiger partial charge is 0.296 e. The molecule has 2 fully saturated rings. The standard InChI is InChI=1S/C11H17NO/c1-9(13)8-10-5-7-12-6-3-2-4-11(10)12/h8,11H,2-7H2,1H3/b10-8-. The lowest BCUT2D eigenvalue weighted by molar-refractivity contribution is -0.112. The van der Waals surface area contributed by atoms with E-state index in [9.17, 15) is 4.79 Å². The number of rotatable bonds is 1. The second kappa shape index (κ2) is 3.62. The topological polar surface area (TPSA) is 20.3 Å². The van der Waals surface area contributed by atoms with Crippen LogP contribution >= 0.6 is 0 Å². The average molecular weight is 179 g/mol. The minimum Gasteiger partial charge on any atom is -0.296 e. The normalized spacial score (nSPS) is 32.1. The third kappa shape index (κ3) is 1.83. The van der Waals surface area contributed by atoms with Crippen LogP contribution in [0.25, 0.3) is 0 Å². The lowest BCUT2D eigenvalue weighted by Gasteiger charge is -2.29. The Morgan fingerprint density at radius 3 is 3.08 bits per heavy atom. The first-order chi connectivity index (χ1) is 6.27. The summed E-state index contributed by atoms with van der Waals surface area (Å²) in [6.45, 7) is 4.06. The Labute approximate surface area is 79.6 Å². The summed E-state index contributed by atoms with van der Waals surface area (Å²) in [5, 5.41) is 0. The van der Waals surface area contributed by atoms with Gasteiger partial charge in [0, 0.05) is 12.6 Å². The van der Waals surface area contributed by atoms with Crippen LogP contribution in [0, 0.1) is 0 Å². The molecule has 2 nitrogen and oxygen atoms in total. The summed E-state index contributed by atoms with van der Waals surface area (Å²) >= 11 is 0. The molecule has 0 radical (unpaired) electrons. The fraction of sp³-hybridized carbons (Fsp3) is 0.727. The second-order valence-corrected chi connectivity index (χ2v) is 4.13. The van der Waals surface area contributed by atoms with E-state index in [2.05, 4.69) is 4.90 Å². The molecule has 0 bridgehead atoms. The van der Waals surface area contributed by atoms with Gasteiger partial charge in [-0.1, -0.05) is 6.42 Å². The van der Waals surface area contributed by atoms with Gasteiger partial charge < -0.3 is 0 Å². The Morgan fingerprint density at radius 1 is 1.46 bits per heavy atom. The number of allylic oxidation sites excluding steroid dienone is 1. The molecular formula is C11H17NO. The van der Waals surface area contributed by atoms with Crippen molar-refractivity contribution >= 4 is 5.78 Å². The minimum atomic E-state index is 0.211. The van der Waals surface area contributed by atoms with Gasteiger partial charge >= 0.3 is 0 Å². The van der Waals surface area contributed by atoms with E-state index >= 15 is 0 Å². The fourth-order valence-electron chi connectivity index (χ4n) is 2.55. The minimum absolute atomic E-state index is 0.211. The number of nitrogens with zero attached hydrogens (tertiary/aromatic N) is 1. The molecule has 2 saturated heterocycles. The van der Waals surface area contributed by atoms with Crippen LogP contribution < -0.4 is 0 Å². The van der Waals surface area contributed by atoms with E-state index in [0.29, 0.717) is 6.04 Å². The predicted octanol–water partition coefficient (Wildman–Crippen LogP) is 1.76. The Morgan fingerprint density at radius 2 is 2.31 bits per heavy atom. The predicted molar refractivity (Wildman–Crippen MR) is 52.6 cm³/mol. The molecule has 2 heterocycles. The van der Waals surface area contributed by atoms with Crippen LogP contribution in [0.15, 0.2) is 11.6 Å². The van der Waals surface area contributed by atoms with Crippen LogP contribution in [-0.4, -0.2) is 29.8 Å². The molecule has 0 aromatic carbocycles. The zero-order valence-corrected chi connectivity index (χ0v) is 8.25. The average Bonchev–Trinajstić information content (AvgIpc) is 2.48. The van der Waals surface area contributed by atoms with Gasteiger partial charge in [0.1, 0.15) is 0 Å². The van der Waals surface area contributed by atoms with E-state index in [4.69, 9.17) is 0 Å². The molecule has 72 valence electrons. The maximum atomic E-state index is 11.0. The van der Waals surface area contributed by atoms with Gasteiger partial charge in [-0.25, -0.2) is 0 Å². The summed E-state index contributed by atoms with van der Waals surface area (Å²) < 4.78 is 0. The second-order valence-electron chi connectivity index (χ2n) is 4.13. The Hall–Kier alpha value is -0.630. The summed E-state index contributed by atoms with van der Waals surface area (Å²) in [5.74, 6) is 0.211. The van der Waals surface area contributed by atoms with Crippen LogP contribution in [0.4, 0.5) is 0 Å². The molecule has 0 aliphatic carbocycles. The first-order valence-corrected chi connectivity index (χ1v) is 5.22. The van der Waals surface area contributed by atoms with Crippen molar-refractivity contribution in [1.29, 1.82) is 0 Å². The van der Waals surface area contributed by atoms with Gasteiger partial charge in [0.15, 0.2) is 5.78 Å². The van der Waals surface area contributed by atoms with Gasteiger partial charge in [-0.05, 0) is 44.4 Å². The van der Waals surface area contributed by atoms with Crippen molar-refractivity contribution in [3.63, 3.8) is 0 Å². The molecular weight excluding hydrogens is 162 g/mol. The first kappa shape index (κ1) is 8.95. The summed E-state index contributed by atoms with van der Waals surface area (Å²) in [4.78, 5) is 13.5. The Kier molecular flexibility index (Phi) is 2.49. The fourth-order valence-corrected chi connectivity index (χ4v) is 2.55. The molecule has 1 atom stereocenters. The molecule has 2 aliphatic rings. The molecule has 0 saturated carbocycles. The summed E-state index contributed by atoms with van der Waals surface area (Å²) in [5.41, 5.74) is 1.38. The van der Waals surface area contributed by atoms with Crippen LogP contribution in [0.2, 0.25) is 0 Å². The van der Waals surface area contributed by atoms with Crippen molar-refractivity contribution in [2.45, 2.75) is 38.6 Å². The van der Waals surface area contributed by atoms with Crippen LogP contribution in [0.5, 0.6) is 0 Å². The van der Waals surface area contributed by atoms with E-state index in [1.54, 1.807) is 6.92 Å². The van der Waals surface area contributed by atoms with Gasteiger partial charge in [0.05, 0.1) is 0 Å². The highest BCUT2D eigenvalue weighted by molar-refractivity contribution is 5.88. The molecule has 0 aromatic heterocycles. The summed E-state index contributed by atoms with van der Waals surface area (Å²) in [7, 11) is 0. The van der Waals surface area contributed by atoms with Crippen molar-refractivity contribution < 1.29 is 4.79 Å². The van der Waals surface area contributed by atoms with E-state index in [0.717, 1.165) is 6.42 Å². The van der Waals surface area contributed by atoms with Crippen LogP contribution in [0.3, 0.4) is 0 Å². The summed E-state index contributed by atoms with van der Waals surface area (Å²) in [6.07, 6.45) is 6.90. The molecule has 2 heteroatoms. The number of carbonyl (C=O) groups excluding carboxylic acids is 1. The van der Waals surface area contributed by atoms with Gasteiger partial charge in [-0.15, -0.1) is 0 Å². The van der Waals surface area contributed by atoms with E-state index < -0.39 is 0 Å². The number of ketones is 1. The van der Waals surface area contributed by atoms with Gasteiger partial charge in [0.25, 0.3) is 0 Å². The van der Waals surface area contributed by atoms with E-state index in [1.807, 2.05) is 6.08 Å². The smallest absolute Gasteiger partial charge is 0.152 e. The quantitative estimate of drug-likeness (QED) is 0.572. The van der Waals surface area contributed by atoms with Crippen molar-refractivity contribution in [2.75, 3.05) is 13.1 Å². The highest BCUT2D eigenvalue weighted by Gasteiger charge is 2.30. The zero-order valence-electron chi connectivity index (χ0n) is 8.25. The summed E-state index contributed by atoms with van der Waals surface area (Å²) in [6, 6.07) is 0.609. The van der Waals surface area contributed by atoms with Gasteiger partial charge in [-0.2, -0.15) is 0 Å². The first-order valence-electron chi connectivity index (χ1n) is 5.22. The van der Waals surface area contributed by atoms with Gasteiger partial charge in [-0.3, -0.25) is 9.69 Å². The molecule has 0 N–H and O–H groups in total. The molecule has 0 spiro atoms. The molecule has 0 amide bonds.